The summed E-state index contributed by atoms with van der Waals surface area (Å²) in [6.45, 7) is 2.77. The summed E-state index contributed by atoms with van der Waals surface area (Å²) in [6, 6.07) is 18.9. The first kappa shape index (κ1) is 15.7. The molecular formula is C19H22BrNO. The average molecular weight is 360 g/mol. The standard InChI is InChI=1S/C19H22BrNO/c20-18-8-6-15(7-9-18)12-17-10-11-21(14-19(17)22)13-16-4-2-1-3-5-16/h1-9,17,19,22H,10-14H2. The van der Waals surface area contributed by atoms with Crippen LogP contribution in [0, 0.1) is 5.92 Å². The maximum absolute atomic E-state index is 10.5. The highest BCUT2D eigenvalue weighted by Crippen LogP contribution is 2.24. The van der Waals surface area contributed by atoms with Crippen molar-refractivity contribution in [3.63, 3.8) is 0 Å². The molecule has 1 aliphatic heterocycles. The summed E-state index contributed by atoms with van der Waals surface area (Å²) in [4.78, 5) is 2.36. The largest absolute Gasteiger partial charge is 0.391 e. The number of aliphatic hydroxyl groups excluding tert-OH is 1. The molecule has 1 fully saturated rings. The number of nitrogens with zero attached hydrogens (tertiary/aromatic N) is 1. The van der Waals surface area contributed by atoms with Crippen molar-refractivity contribution in [2.24, 2.45) is 5.92 Å². The van der Waals surface area contributed by atoms with Crippen molar-refractivity contribution in [2.75, 3.05) is 13.1 Å². The van der Waals surface area contributed by atoms with E-state index in [1.807, 2.05) is 6.07 Å². The zero-order chi connectivity index (χ0) is 15.4. The van der Waals surface area contributed by atoms with Crippen molar-refractivity contribution in [1.82, 2.24) is 4.90 Å². The van der Waals surface area contributed by atoms with Gasteiger partial charge in [0.1, 0.15) is 0 Å². The van der Waals surface area contributed by atoms with Crippen LogP contribution in [0.5, 0.6) is 0 Å². The molecule has 2 nitrogen and oxygen atoms in total. The number of piperidine rings is 1. The molecule has 0 aromatic heterocycles. The molecule has 0 saturated carbocycles. The lowest BCUT2D eigenvalue weighted by atomic mass is 9.88. The van der Waals surface area contributed by atoms with Crippen molar-refractivity contribution in [3.8, 4) is 0 Å². The van der Waals surface area contributed by atoms with Crippen molar-refractivity contribution >= 4 is 15.9 Å². The molecule has 1 N–H and O–H groups in total. The van der Waals surface area contributed by atoms with Crippen molar-refractivity contribution in [3.05, 3.63) is 70.2 Å². The molecular weight excluding hydrogens is 338 g/mol. The fourth-order valence-electron chi connectivity index (χ4n) is 3.19. The van der Waals surface area contributed by atoms with E-state index >= 15 is 0 Å². The fourth-order valence-corrected chi connectivity index (χ4v) is 3.46. The smallest absolute Gasteiger partial charge is 0.0699 e. The molecule has 0 radical (unpaired) electrons. The van der Waals surface area contributed by atoms with Gasteiger partial charge in [0.2, 0.25) is 0 Å². The molecule has 2 unspecified atom stereocenters. The lowest BCUT2D eigenvalue weighted by Crippen LogP contribution is -2.44. The first-order chi connectivity index (χ1) is 10.7. The zero-order valence-corrected chi connectivity index (χ0v) is 14.2. The van der Waals surface area contributed by atoms with Crippen LogP contribution in [0.25, 0.3) is 0 Å². The molecule has 0 aliphatic carbocycles. The molecule has 2 aromatic rings. The highest BCUT2D eigenvalue weighted by atomic mass is 79.9. The molecule has 1 heterocycles. The molecule has 116 valence electrons. The van der Waals surface area contributed by atoms with E-state index in [1.54, 1.807) is 0 Å². The first-order valence-electron chi connectivity index (χ1n) is 7.89. The summed E-state index contributed by atoms with van der Waals surface area (Å²) in [7, 11) is 0. The minimum atomic E-state index is -0.235. The van der Waals surface area contributed by atoms with E-state index in [2.05, 4.69) is 69.4 Å². The van der Waals surface area contributed by atoms with Crippen molar-refractivity contribution < 1.29 is 5.11 Å². The number of hydrogen-bond acceptors (Lipinski definition) is 2. The number of benzene rings is 2. The third-order valence-corrected chi connectivity index (χ3v) is 4.99. The van der Waals surface area contributed by atoms with E-state index in [-0.39, 0.29) is 6.10 Å². The summed E-state index contributed by atoms with van der Waals surface area (Å²) >= 11 is 3.47. The Balaban J connectivity index is 1.54. The van der Waals surface area contributed by atoms with Gasteiger partial charge in [0.25, 0.3) is 0 Å². The number of rotatable bonds is 4. The molecule has 1 saturated heterocycles. The SMILES string of the molecule is OC1CN(Cc2ccccc2)CCC1Cc1ccc(Br)cc1. The van der Waals surface area contributed by atoms with Crippen LogP contribution in [0.3, 0.4) is 0 Å². The fraction of sp³-hybridized carbons (Fsp3) is 0.368. The minimum Gasteiger partial charge on any atom is -0.391 e. The number of β-amino-alcohol motifs (C(OH)–C–C–N with tert-alkyl or cyclic N) is 1. The van der Waals surface area contributed by atoms with Gasteiger partial charge in [-0.2, -0.15) is 0 Å². The van der Waals surface area contributed by atoms with Crippen LogP contribution in [0.1, 0.15) is 17.5 Å². The van der Waals surface area contributed by atoms with Gasteiger partial charge < -0.3 is 5.11 Å². The molecule has 0 spiro atoms. The third-order valence-electron chi connectivity index (χ3n) is 4.47. The summed E-state index contributed by atoms with van der Waals surface area (Å²) in [5.41, 5.74) is 2.63. The highest BCUT2D eigenvalue weighted by molar-refractivity contribution is 9.10. The summed E-state index contributed by atoms with van der Waals surface area (Å²) in [5.74, 6) is 0.369. The Hall–Kier alpha value is -1.16. The maximum atomic E-state index is 10.5. The summed E-state index contributed by atoms with van der Waals surface area (Å²) < 4.78 is 1.11. The molecule has 0 bridgehead atoms. The molecule has 1 aliphatic rings. The van der Waals surface area contributed by atoms with Gasteiger partial charge in [0, 0.05) is 17.6 Å². The van der Waals surface area contributed by atoms with E-state index in [0.29, 0.717) is 5.92 Å². The minimum absolute atomic E-state index is 0.235. The second-order valence-corrected chi connectivity index (χ2v) is 7.08. The van der Waals surface area contributed by atoms with Gasteiger partial charge in [-0.15, -0.1) is 0 Å². The first-order valence-corrected chi connectivity index (χ1v) is 8.69. The number of hydrogen-bond donors (Lipinski definition) is 1. The van der Waals surface area contributed by atoms with Gasteiger partial charge in [-0.3, -0.25) is 4.90 Å². The van der Waals surface area contributed by atoms with Gasteiger partial charge in [0.05, 0.1) is 6.10 Å². The Morgan fingerprint density at radius 3 is 2.41 bits per heavy atom. The Bertz CT molecular complexity index is 584. The normalized spacial score (nSPS) is 22.6. The lowest BCUT2D eigenvalue weighted by Gasteiger charge is -2.36. The second kappa shape index (κ2) is 7.40. The van der Waals surface area contributed by atoms with Crippen LogP contribution < -0.4 is 0 Å². The van der Waals surface area contributed by atoms with Crippen LogP contribution in [0.2, 0.25) is 0 Å². The van der Waals surface area contributed by atoms with E-state index in [0.717, 1.165) is 36.9 Å². The molecule has 2 aromatic carbocycles. The van der Waals surface area contributed by atoms with Gasteiger partial charge in [0.15, 0.2) is 0 Å². The molecule has 0 amide bonds. The van der Waals surface area contributed by atoms with Crippen LogP contribution >= 0.6 is 15.9 Å². The summed E-state index contributed by atoms with van der Waals surface area (Å²) in [6.07, 6.45) is 1.79. The molecule has 2 atom stereocenters. The van der Waals surface area contributed by atoms with E-state index in [1.165, 1.54) is 11.1 Å². The maximum Gasteiger partial charge on any atom is 0.0699 e. The Kier molecular flexibility index (Phi) is 5.29. The number of likely N-dealkylation sites (tertiary alicyclic amines) is 1. The number of halogens is 1. The van der Waals surface area contributed by atoms with Crippen LogP contribution in [-0.2, 0) is 13.0 Å². The average Bonchev–Trinajstić information content (AvgIpc) is 2.53. The zero-order valence-electron chi connectivity index (χ0n) is 12.7. The third kappa shape index (κ3) is 4.19. The van der Waals surface area contributed by atoms with Gasteiger partial charge >= 0.3 is 0 Å². The van der Waals surface area contributed by atoms with Gasteiger partial charge in [-0.05, 0) is 48.6 Å². The molecule has 22 heavy (non-hydrogen) atoms. The van der Waals surface area contributed by atoms with E-state index in [9.17, 15) is 5.11 Å². The van der Waals surface area contributed by atoms with E-state index < -0.39 is 0 Å². The predicted octanol–water partition coefficient (Wildman–Crippen LogP) is 3.87. The van der Waals surface area contributed by atoms with Crippen LogP contribution in [-0.4, -0.2) is 29.2 Å². The molecule has 3 heteroatoms. The van der Waals surface area contributed by atoms with E-state index in [4.69, 9.17) is 0 Å². The van der Waals surface area contributed by atoms with Crippen LogP contribution in [0.15, 0.2) is 59.1 Å². The topological polar surface area (TPSA) is 23.5 Å². The second-order valence-electron chi connectivity index (χ2n) is 6.17. The van der Waals surface area contributed by atoms with Gasteiger partial charge in [-0.1, -0.05) is 58.4 Å². The monoisotopic (exact) mass is 359 g/mol. The Morgan fingerprint density at radius 2 is 1.73 bits per heavy atom. The Labute approximate surface area is 140 Å². The quantitative estimate of drug-likeness (QED) is 0.895. The van der Waals surface area contributed by atoms with Crippen LogP contribution in [0.4, 0.5) is 0 Å². The van der Waals surface area contributed by atoms with Crippen molar-refractivity contribution in [2.45, 2.75) is 25.5 Å². The van der Waals surface area contributed by atoms with Crippen molar-refractivity contribution in [1.29, 1.82) is 0 Å². The predicted molar refractivity (Wildman–Crippen MR) is 93.7 cm³/mol. The lowest BCUT2D eigenvalue weighted by molar-refractivity contribution is 0.0187. The van der Waals surface area contributed by atoms with Gasteiger partial charge in [-0.25, -0.2) is 0 Å². The summed E-state index contributed by atoms with van der Waals surface area (Å²) in [5, 5.41) is 10.5. The highest BCUT2D eigenvalue weighted by Gasteiger charge is 2.27. The number of aliphatic hydroxyl groups is 1. The Morgan fingerprint density at radius 1 is 1.00 bits per heavy atom. The molecule has 3 rings (SSSR count).